The monoisotopic (exact) mass is 1280 g/mol. The average molecular weight is 1280 g/mol. The summed E-state index contributed by atoms with van der Waals surface area (Å²) < 4.78 is 109. The number of halogens is 6. The zero-order chi connectivity index (χ0) is 66.0. The molecule has 5 heterocycles. The van der Waals surface area contributed by atoms with Crippen LogP contribution >= 0.6 is 0 Å². The van der Waals surface area contributed by atoms with Crippen molar-refractivity contribution in [1.82, 2.24) is 49.5 Å². The molecule has 8 aromatic rings. The maximum absolute atomic E-state index is 15.9. The Labute approximate surface area is 537 Å². The van der Waals surface area contributed by atoms with Crippen LogP contribution in [-0.4, -0.2) is 127 Å². The number of carbonyl (C=O) groups excluding carboxylic acids is 3. The number of hydrogen-bond donors (Lipinski definition) is 1. The molecule has 3 aliphatic rings. The highest BCUT2D eigenvalue weighted by atomic mass is 19.2. The predicted octanol–water partition coefficient (Wildman–Crippen LogP) is 13.5. The lowest BCUT2D eigenvalue weighted by molar-refractivity contribution is -0.147. The van der Waals surface area contributed by atoms with Gasteiger partial charge in [-0.1, -0.05) is 163 Å². The number of carbonyl (C=O) groups is 3. The molecule has 3 aliphatic heterocycles. The van der Waals surface area contributed by atoms with Crippen molar-refractivity contribution >= 4 is 18.1 Å². The third kappa shape index (κ3) is 17.0. The summed E-state index contributed by atoms with van der Waals surface area (Å²) in [5, 5.41) is 12.7. The summed E-state index contributed by atoms with van der Waals surface area (Å²) in [4.78, 5) is 54.0. The normalized spacial score (nSPS) is 18.8. The Morgan fingerprint density at radius 3 is 1.47 bits per heavy atom. The van der Waals surface area contributed by atoms with Gasteiger partial charge in [0.25, 0.3) is 5.91 Å². The number of alkyl halides is 2. The van der Waals surface area contributed by atoms with Gasteiger partial charge in [-0.2, -0.15) is 10.2 Å². The highest BCUT2D eigenvalue weighted by Gasteiger charge is 2.46. The van der Waals surface area contributed by atoms with E-state index >= 15 is 13.2 Å². The van der Waals surface area contributed by atoms with E-state index in [0.717, 1.165) is 58.7 Å². The van der Waals surface area contributed by atoms with Crippen molar-refractivity contribution in [3.8, 4) is 22.8 Å². The lowest BCUT2D eigenvalue weighted by Gasteiger charge is -2.41. The second kappa shape index (κ2) is 29.8. The Balaban J connectivity index is 0.000000206. The molecule has 16 nitrogen and oxygen atoms in total. The van der Waals surface area contributed by atoms with Crippen LogP contribution < -0.4 is 5.32 Å². The van der Waals surface area contributed by atoms with Crippen LogP contribution in [0.3, 0.4) is 0 Å². The maximum atomic E-state index is 15.9. The van der Waals surface area contributed by atoms with E-state index in [2.05, 4.69) is 15.5 Å². The number of ether oxygens (including phenoxy) is 3. The molecule has 0 saturated carbocycles. The third-order valence-corrected chi connectivity index (χ3v) is 16.7. The molecule has 3 amide bonds. The van der Waals surface area contributed by atoms with E-state index in [4.69, 9.17) is 24.2 Å². The second-order valence-electron chi connectivity index (χ2n) is 26.0. The summed E-state index contributed by atoms with van der Waals surface area (Å²) in [5.41, 5.74) is 2.22. The molecule has 1 N–H and O–H groups in total. The van der Waals surface area contributed by atoms with Gasteiger partial charge in [0.1, 0.15) is 60.8 Å². The fourth-order valence-corrected chi connectivity index (χ4v) is 12.0. The van der Waals surface area contributed by atoms with Crippen molar-refractivity contribution in [1.29, 1.82) is 0 Å². The molecule has 3 saturated heterocycles. The van der Waals surface area contributed by atoms with Crippen LogP contribution in [0, 0.1) is 45.9 Å². The number of aromatic nitrogens is 6. The van der Waals surface area contributed by atoms with Crippen molar-refractivity contribution in [2.45, 2.75) is 111 Å². The second-order valence-corrected chi connectivity index (χ2v) is 26.0. The molecule has 0 aliphatic carbocycles. The van der Waals surface area contributed by atoms with Gasteiger partial charge in [0, 0.05) is 44.6 Å². The van der Waals surface area contributed by atoms with Gasteiger partial charge < -0.3 is 34.2 Å². The number of amides is 3. The van der Waals surface area contributed by atoms with Gasteiger partial charge >= 0.3 is 12.2 Å². The van der Waals surface area contributed by atoms with Crippen LogP contribution in [0.2, 0.25) is 0 Å². The molecule has 22 heteroatoms. The molecular formula is C71H78F6N10O6. The highest BCUT2D eigenvalue weighted by Crippen LogP contribution is 2.42. The minimum atomic E-state index is -1.43. The molecule has 6 aromatic carbocycles. The minimum Gasteiger partial charge on any atom is -0.445 e. The maximum Gasteiger partial charge on any atom is 0.410 e. The first-order valence-corrected chi connectivity index (χ1v) is 31.3. The molecular weight excluding hydrogens is 1200 g/mol. The average Bonchev–Trinajstić information content (AvgIpc) is 1.68. The quantitative estimate of drug-likeness (QED) is 0.0767. The zero-order valence-corrected chi connectivity index (χ0v) is 53.0. The van der Waals surface area contributed by atoms with Crippen molar-refractivity contribution < 1.29 is 54.9 Å². The first kappa shape index (κ1) is 67.0. The van der Waals surface area contributed by atoms with Crippen molar-refractivity contribution in [3.63, 3.8) is 0 Å². The van der Waals surface area contributed by atoms with E-state index in [9.17, 15) is 27.6 Å². The van der Waals surface area contributed by atoms with Crippen LogP contribution in [0.4, 0.5) is 35.9 Å². The van der Waals surface area contributed by atoms with Gasteiger partial charge in [-0.3, -0.25) is 4.79 Å². The van der Waals surface area contributed by atoms with Crippen molar-refractivity contribution in [2.75, 3.05) is 45.9 Å². The van der Waals surface area contributed by atoms with E-state index in [1.54, 1.807) is 14.3 Å². The molecule has 490 valence electrons. The lowest BCUT2D eigenvalue weighted by atomic mass is 9.83. The molecule has 0 spiro atoms. The van der Waals surface area contributed by atoms with E-state index in [0.29, 0.717) is 37.6 Å². The Hall–Kier alpha value is -8.89. The molecule has 0 bridgehead atoms. The van der Waals surface area contributed by atoms with Gasteiger partial charge in [0.05, 0.1) is 49.4 Å². The number of rotatable bonds is 19. The molecule has 3 fully saturated rings. The minimum absolute atomic E-state index is 0.0370. The van der Waals surface area contributed by atoms with Gasteiger partial charge in [0.15, 0.2) is 17.5 Å². The van der Waals surface area contributed by atoms with E-state index in [1.807, 2.05) is 163 Å². The van der Waals surface area contributed by atoms with Crippen LogP contribution in [-0.2, 0) is 45.3 Å². The summed E-state index contributed by atoms with van der Waals surface area (Å²) in [6.07, 6.45) is -3.39. The standard InChI is InChI=1S/C38H42F3N5O4.C33H36F3N5O2/c1-38(2,3)33(35-42-34(29-19-28(39)16-17-30(29)40)43-46(35)20-25-11-6-4-7-12-25)45(36(47)32-15-10-18-49-32)22-27-21-44(23-31(27)41)37(48)50-24-26-13-8-5-9-14-26;1-33(2,3)29(37-17-24-19-40(20-28(24)36)32(42)43-21-23-12-8-5-9-13-23)31-38-30(26-16-25(34)14-15-27(26)35)39-41(31)18-22-10-6-4-7-11-22/h4-9,11-14,16-17,19,27,31-33H,10,15,18,20-24H2,1-3H3;4-16,24,28-29,37H,17-21H2,1-3H3/t27-,31-,32?,33-;24-,28+,29+/m01/s1. The van der Waals surface area contributed by atoms with E-state index in [1.165, 1.54) is 9.80 Å². The molecule has 1 unspecified atom stereocenters. The summed E-state index contributed by atoms with van der Waals surface area (Å²) in [5.74, 6) is -3.22. The Morgan fingerprint density at radius 2 is 1.02 bits per heavy atom. The predicted molar refractivity (Wildman–Crippen MR) is 338 cm³/mol. The summed E-state index contributed by atoms with van der Waals surface area (Å²) in [7, 11) is 0. The molecule has 0 radical (unpaired) electrons. The van der Waals surface area contributed by atoms with Gasteiger partial charge in [-0.15, -0.1) is 0 Å². The summed E-state index contributed by atoms with van der Waals surface area (Å²) in [6, 6.07) is 42.7. The Bertz CT molecular complexity index is 3790. The Kier molecular flexibility index (Phi) is 21.5. The SMILES string of the molecule is CC(C)(C)[C@@H](NC[C@@H]1CN(C(=O)OCc2ccccc2)C[C@@H]1F)c1nc(-c2cc(F)ccc2F)nn1Cc1ccccc1.CC(C)(C)[C@H](c1nc(-c2cc(F)ccc2F)nn1Cc1ccccc1)N(C[C@@H]1CN(C(=O)OCc2ccccc2)C[C@@H]1F)C(=O)C1CCCO1. The number of benzene rings is 6. The fraction of sp³-hybridized carbons (Fsp3) is 0.394. The van der Waals surface area contributed by atoms with Gasteiger partial charge in [0.2, 0.25) is 0 Å². The van der Waals surface area contributed by atoms with Crippen LogP contribution in [0.25, 0.3) is 22.8 Å². The van der Waals surface area contributed by atoms with Crippen LogP contribution in [0.1, 0.15) is 100 Å². The molecule has 7 atom stereocenters. The molecule has 11 rings (SSSR count). The molecule has 93 heavy (non-hydrogen) atoms. The highest BCUT2D eigenvalue weighted by molar-refractivity contribution is 5.82. The largest absolute Gasteiger partial charge is 0.445 e. The fourth-order valence-electron chi connectivity index (χ4n) is 12.0. The molecule has 2 aromatic heterocycles. The topological polar surface area (TPSA) is 162 Å². The number of nitrogens with zero attached hydrogens (tertiary/aromatic N) is 9. The Morgan fingerprint density at radius 1 is 0.581 bits per heavy atom. The first-order valence-electron chi connectivity index (χ1n) is 31.3. The van der Waals surface area contributed by atoms with Crippen LogP contribution in [0.5, 0.6) is 0 Å². The third-order valence-electron chi connectivity index (χ3n) is 16.7. The van der Waals surface area contributed by atoms with Crippen molar-refractivity contribution in [2.24, 2.45) is 22.7 Å². The van der Waals surface area contributed by atoms with Crippen molar-refractivity contribution in [3.05, 3.63) is 215 Å². The summed E-state index contributed by atoms with van der Waals surface area (Å²) >= 11 is 0. The van der Waals surface area contributed by atoms with Crippen LogP contribution in [0.15, 0.2) is 158 Å². The number of hydrogen-bond acceptors (Lipinski definition) is 11. The van der Waals surface area contributed by atoms with E-state index < -0.39 is 88.7 Å². The zero-order valence-electron chi connectivity index (χ0n) is 53.0. The number of likely N-dealkylation sites (tertiary alicyclic amines) is 2. The smallest absolute Gasteiger partial charge is 0.410 e. The summed E-state index contributed by atoms with van der Waals surface area (Å²) in [6.45, 7) is 13.3. The van der Waals surface area contributed by atoms with E-state index in [-0.39, 0.29) is 87.7 Å². The number of nitrogens with one attached hydrogen (secondary N) is 1. The lowest BCUT2D eigenvalue weighted by Crippen LogP contribution is -2.49. The van der Waals surface area contributed by atoms with Gasteiger partial charge in [-0.25, -0.2) is 55.3 Å². The first-order chi connectivity index (χ1) is 44.6. The van der Waals surface area contributed by atoms with Gasteiger partial charge in [-0.05, 0) is 82.3 Å².